The molecule has 1 amide bonds. The van der Waals surface area contributed by atoms with Crippen molar-refractivity contribution in [2.45, 2.75) is 6.92 Å². The summed E-state index contributed by atoms with van der Waals surface area (Å²) in [5.74, 6) is -1.16. The van der Waals surface area contributed by atoms with Crippen LogP contribution >= 0.6 is 11.6 Å². The number of hydrogen-bond donors (Lipinski definition) is 2. The molecule has 1 aromatic carbocycles. The number of carbonyl (C=O) groups excluding carboxylic acids is 2. The van der Waals surface area contributed by atoms with Crippen LogP contribution in [-0.2, 0) is 9.53 Å². The average Bonchev–Trinajstić information content (AvgIpc) is 2.38. The molecule has 0 aliphatic carbocycles. The van der Waals surface area contributed by atoms with E-state index in [0.29, 0.717) is 10.7 Å². The van der Waals surface area contributed by atoms with Crippen LogP contribution < -0.4 is 11.1 Å². The van der Waals surface area contributed by atoms with Crippen LogP contribution in [0.5, 0.6) is 0 Å². The lowest BCUT2D eigenvalue weighted by atomic mass is 10.1. The molecule has 0 spiro atoms. The molecule has 0 fully saturated rings. The van der Waals surface area contributed by atoms with Gasteiger partial charge < -0.3 is 15.8 Å². The van der Waals surface area contributed by atoms with Gasteiger partial charge in [-0.2, -0.15) is 0 Å². The van der Waals surface area contributed by atoms with Gasteiger partial charge in [0, 0.05) is 17.5 Å². The number of nitrogens with two attached hydrogens (primary N) is 1. The first kappa shape index (κ1) is 14.5. The maximum absolute atomic E-state index is 11.7. The minimum Gasteiger partial charge on any atom is -0.465 e. The van der Waals surface area contributed by atoms with Crippen molar-refractivity contribution in [1.82, 2.24) is 0 Å². The molecule has 1 aromatic rings. The number of methoxy groups -OCH3 is 1. The lowest BCUT2D eigenvalue weighted by Crippen LogP contribution is -2.27. The van der Waals surface area contributed by atoms with Crippen molar-refractivity contribution in [3.63, 3.8) is 0 Å². The highest BCUT2D eigenvalue weighted by molar-refractivity contribution is 6.31. The number of hydrogen-bond acceptors (Lipinski definition) is 4. The van der Waals surface area contributed by atoms with E-state index in [1.54, 1.807) is 19.1 Å². The highest BCUT2D eigenvalue weighted by Gasteiger charge is 2.17. The van der Waals surface area contributed by atoms with Crippen LogP contribution in [0.4, 0.5) is 5.69 Å². The predicted molar refractivity (Wildman–Crippen MR) is 69.6 cm³/mol. The van der Waals surface area contributed by atoms with Crippen LogP contribution in [0.15, 0.2) is 18.2 Å². The Hall–Kier alpha value is -1.59. The zero-order chi connectivity index (χ0) is 13.7. The van der Waals surface area contributed by atoms with Crippen molar-refractivity contribution in [3.8, 4) is 0 Å². The second-order valence-electron chi connectivity index (χ2n) is 3.81. The van der Waals surface area contributed by atoms with E-state index in [9.17, 15) is 9.59 Å². The summed E-state index contributed by atoms with van der Waals surface area (Å²) in [5.41, 5.74) is 5.97. The number of benzene rings is 1. The van der Waals surface area contributed by atoms with Crippen LogP contribution in [-0.4, -0.2) is 25.5 Å². The van der Waals surface area contributed by atoms with E-state index in [-0.39, 0.29) is 23.9 Å². The number of nitrogens with one attached hydrogen (secondary N) is 1. The van der Waals surface area contributed by atoms with Gasteiger partial charge in [0.15, 0.2) is 0 Å². The highest BCUT2D eigenvalue weighted by atomic mass is 35.5. The molecule has 0 aliphatic heterocycles. The Kier molecular flexibility index (Phi) is 5.12. The number of halogens is 1. The first-order chi connectivity index (χ1) is 8.49. The molecule has 0 aliphatic rings. The summed E-state index contributed by atoms with van der Waals surface area (Å²) in [7, 11) is 1.26. The Morgan fingerprint density at radius 1 is 1.50 bits per heavy atom. The fraction of sp³-hybridized carbons (Fsp3) is 0.333. The molecule has 0 saturated heterocycles. The summed E-state index contributed by atoms with van der Waals surface area (Å²) in [6.45, 7) is 1.93. The SMILES string of the molecule is COC(=O)c1cc(Cl)ccc1NC(=O)C(C)CN. The van der Waals surface area contributed by atoms with Gasteiger partial charge in [-0.25, -0.2) is 4.79 Å². The molecule has 0 radical (unpaired) electrons. The topological polar surface area (TPSA) is 81.4 Å². The van der Waals surface area contributed by atoms with Crippen LogP contribution in [0.3, 0.4) is 0 Å². The summed E-state index contributed by atoms with van der Waals surface area (Å²) < 4.78 is 4.63. The molecule has 98 valence electrons. The average molecular weight is 271 g/mol. The standard InChI is InChI=1S/C12H15ClN2O3/c1-7(6-14)11(16)15-10-4-3-8(13)5-9(10)12(17)18-2/h3-5,7H,6,14H2,1-2H3,(H,15,16). The maximum Gasteiger partial charge on any atom is 0.340 e. The fourth-order valence-electron chi connectivity index (χ4n) is 1.27. The van der Waals surface area contributed by atoms with E-state index in [0.717, 1.165) is 0 Å². The lowest BCUT2D eigenvalue weighted by molar-refractivity contribution is -0.119. The molecule has 1 unspecified atom stereocenters. The van der Waals surface area contributed by atoms with Gasteiger partial charge in [-0.05, 0) is 18.2 Å². The van der Waals surface area contributed by atoms with Crippen LogP contribution in [0.2, 0.25) is 5.02 Å². The number of carbonyl (C=O) groups is 2. The summed E-state index contributed by atoms with van der Waals surface area (Å²) in [6, 6.07) is 4.57. The monoisotopic (exact) mass is 270 g/mol. The van der Waals surface area contributed by atoms with Crippen molar-refractivity contribution in [2.75, 3.05) is 19.0 Å². The van der Waals surface area contributed by atoms with Crippen molar-refractivity contribution in [1.29, 1.82) is 0 Å². The molecule has 0 heterocycles. The van der Waals surface area contributed by atoms with Crippen molar-refractivity contribution in [3.05, 3.63) is 28.8 Å². The normalized spacial score (nSPS) is 11.8. The summed E-state index contributed by atoms with van der Waals surface area (Å²) >= 11 is 5.80. The summed E-state index contributed by atoms with van der Waals surface area (Å²) in [6.07, 6.45) is 0. The molecular formula is C12H15ClN2O3. The third kappa shape index (κ3) is 3.45. The lowest BCUT2D eigenvalue weighted by Gasteiger charge is -2.13. The van der Waals surface area contributed by atoms with E-state index < -0.39 is 5.97 Å². The molecule has 0 saturated carbocycles. The molecule has 3 N–H and O–H groups in total. The molecule has 1 rings (SSSR count). The zero-order valence-corrected chi connectivity index (χ0v) is 11.0. The second-order valence-corrected chi connectivity index (χ2v) is 4.24. The Bertz CT molecular complexity index is 463. The molecule has 6 heteroatoms. The van der Waals surface area contributed by atoms with Gasteiger partial charge in [-0.15, -0.1) is 0 Å². The quantitative estimate of drug-likeness (QED) is 0.816. The highest BCUT2D eigenvalue weighted by Crippen LogP contribution is 2.22. The van der Waals surface area contributed by atoms with Crippen LogP contribution in [0, 0.1) is 5.92 Å². The molecular weight excluding hydrogens is 256 g/mol. The number of ether oxygens (including phenoxy) is 1. The summed E-state index contributed by atoms with van der Waals surface area (Å²) in [4.78, 5) is 23.3. The molecule has 0 aromatic heterocycles. The third-order valence-electron chi connectivity index (χ3n) is 2.45. The van der Waals surface area contributed by atoms with Gasteiger partial charge in [0.25, 0.3) is 0 Å². The van der Waals surface area contributed by atoms with Crippen molar-refractivity contribution < 1.29 is 14.3 Å². The minimum absolute atomic E-state index is 0.211. The third-order valence-corrected chi connectivity index (χ3v) is 2.68. The predicted octanol–water partition coefficient (Wildman–Crippen LogP) is 1.66. The molecule has 18 heavy (non-hydrogen) atoms. The number of anilines is 1. The van der Waals surface area contributed by atoms with Gasteiger partial charge in [-0.1, -0.05) is 18.5 Å². The molecule has 1 atom stereocenters. The van der Waals surface area contributed by atoms with E-state index in [1.807, 2.05) is 0 Å². The largest absolute Gasteiger partial charge is 0.465 e. The van der Waals surface area contributed by atoms with E-state index in [4.69, 9.17) is 17.3 Å². The maximum atomic E-state index is 11.7. The fourth-order valence-corrected chi connectivity index (χ4v) is 1.44. The van der Waals surface area contributed by atoms with Crippen LogP contribution in [0.1, 0.15) is 17.3 Å². The number of amides is 1. The number of rotatable bonds is 4. The minimum atomic E-state index is -0.562. The Labute approximate surface area is 110 Å². The van der Waals surface area contributed by atoms with Crippen molar-refractivity contribution in [2.24, 2.45) is 11.7 Å². The van der Waals surface area contributed by atoms with E-state index >= 15 is 0 Å². The second kappa shape index (κ2) is 6.37. The Balaban J connectivity index is 3.01. The van der Waals surface area contributed by atoms with Gasteiger partial charge in [0.1, 0.15) is 0 Å². The van der Waals surface area contributed by atoms with Crippen LogP contribution in [0.25, 0.3) is 0 Å². The zero-order valence-electron chi connectivity index (χ0n) is 10.2. The van der Waals surface area contributed by atoms with Gasteiger partial charge in [0.05, 0.1) is 18.4 Å². The molecule has 0 bridgehead atoms. The van der Waals surface area contributed by atoms with Gasteiger partial charge >= 0.3 is 5.97 Å². The Morgan fingerprint density at radius 2 is 2.17 bits per heavy atom. The summed E-state index contributed by atoms with van der Waals surface area (Å²) in [5, 5.41) is 3.01. The Morgan fingerprint density at radius 3 is 2.72 bits per heavy atom. The van der Waals surface area contributed by atoms with Gasteiger partial charge in [0.2, 0.25) is 5.91 Å². The number of esters is 1. The van der Waals surface area contributed by atoms with E-state index in [2.05, 4.69) is 10.1 Å². The first-order valence-corrected chi connectivity index (χ1v) is 5.76. The van der Waals surface area contributed by atoms with Crippen molar-refractivity contribution >= 4 is 29.2 Å². The first-order valence-electron chi connectivity index (χ1n) is 5.38. The smallest absolute Gasteiger partial charge is 0.340 e. The van der Waals surface area contributed by atoms with Gasteiger partial charge in [-0.3, -0.25) is 4.79 Å². The molecule has 5 nitrogen and oxygen atoms in total. The van der Waals surface area contributed by atoms with E-state index in [1.165, 1.54) is 13.2 Å².